The highest BCUT2D eigenvalue weighted by Crippen LogP contribution is 2.22. The summed E-state index contributed by atoms with van der Waals surface area (Å²) in [6.45, 7) is 7.84. The van der Waals surface area contributed by atoms with Crippen molar-refractivity contribution < 1.29 is 14.4 Å². The number of carbonyl (C=O) groups is 3. The van der Waals surface area contributed by atoms with Gasteiger partial charge in [-0.3, -0.25) is 14.5 Å². The number of urea groups is 1. The van der Waals surface area contributed by atoms with Crippen LogP contribution in [0.1, 0.15) is 27.3 Å². The molecule has 0 radical (unpaired) electrons. The molecule has 1 fully saturated rings. The van der Waals surface area contributed by atoms with Crippen molar-refractivity contribution in [3.8, 4) is 0 Å². The monoisotopic (exact) mass is 404 g/mol. The topological polar surface area (TPSA) is 87.2 Å². The largest absolute Gasteiger partial charge is 0.361 e. The lowest BCUT2D eigenvalue weighted by Gasteiger charge is -2.12. The maximum absolute atomic E-state index is 12.9. The Labute approximate surface area is 174 Å². The molecule has 0 aliphatic carbocycles. The minimum atomic E-state index is -0.683. The summed E-state index contributed by atoms with van der Waals surface area (Å²) in [6, 6.07) is 8.39. The number of para-hydroxylation sites is 1. The van der Waals surface area contributed by atoms with E-state index in [1.807, 2.05) is 48.9 Å². The van der Waals surface area contributed by atoms with Crippen LogP contribution in [0.25, 0.3) is 10.9 Å². The summed E-state index contributed by atoms with van der Waals surface area (Å²) in [5.74, 6) is -0.631. The van der Waals surface area contributed by atoms with Gasteiger partial charge in [-0.25, -0.2) is 4.79 Å². The second kappa shape index (κ2) is 7.67. The minimum absolute atomic E-state index is 0.255. The van der Waals surface area contributed by atoms with Crippen LogP contribution in [0, 0.1) is 13.8 Å². The Balaban J connectivity index is 1.50. The predicted octanol–water partition coefficient (Wildman–Crippen LogP) is 3.12. The second-order valence-electron chi connectivity index (χ2n) is 7.60. The van der Waals surface area contributed by atoms with Crippen molar-refractivity contribution in [2.75, 3.05) is 6.54 Å². The van der Waals surface area contributed by atoms with E-state index < -0.39 is 12.1 Å². The molecular weight excluding hydrogens is 380 g/mol. The number of benzene rings is 1. The first-order chi connectivity index (χ1) is 14.4. The van der Waals surface area contributed by atoms with Gasteiger partial charge < -0.3 is 14.9 Å². The predicted molar refractivity (Wildman–Crippen MR) is 114 cm³/mol. The number of nitrogens with zero attached hydrogens (tertiary/aromatic N) is 2. The van der Waals surface area contributed by atoms with Gasteiger partial charge in [-0.1, -0.05) is 24.3 Å². The third kappa shape index (κ3) is 3.32. The smallest absolute Gasteiger partial charge is 0.325 e. The molecule has 1 atom stereocenters. The summed E-state index contributed by atoms with van der Waals surface area (Å²) in [6.07, 6.45) is 3.99. The number of aryl methyl sites for hydroxylation is 1. The van der Waals surface area contributed by atoms with Crippen LogP contribution >= 0.6 is 0 Å². The number of aromatic amines is 1. The molecule has 0 spiro atoms. The lowest BCUT2D eigenvalue weighted by molar-refractivity contribution is -0.127. The number of ketones is 1. The number of allylic oxidation sites excluding steroid dienone is 1. The van der Waals surface area contributed by atoms with Crippen LogP contribution in [0.5, 0.6) is 0 Å². The van der Waals surface area contributed by atoms with Crippen LogP contribution in [0.3, 0.4) is 0 Å². The minimum Gasteiger partial charge on any atom is -0.361 e. The molecule has 3 aromatic rings. The fraction of sp³-hybridized carbons (Fsp3) is 0.261. The molecule has 1 aliphatic heterocycles. The van der Waals surface area contributed by atoms with Crippen LogP contribution in [0.2, 0.25) is 0 Å². The van der Waals surface area contributed by atoms with E-state index >= 15 is 0 Å². The summed E-state index contributed by atoms with van der Waals surface area (Å²) in [5, 5.41) is 3.74. The molecule has 7 nitrogen and oxygen atoms in total. The summed E-state index contributed by atoms with van der Waals surface area (Å²) in [5.41, 5.74) is 4.19. The summed E-state index contributed by atoms with van der Waals surface area (Å²) in [7, 11) is 0. The SMILES string of the molecule is C=CCn1c(C)cc(C(=O)CN2C(=O)NC(Cc3c[nH]c4ccccc34)C2=O)c1C. The number of aromatic nitrogens is 2. The number of carbonyl (C=O) groups excluding carboxylic acids is 3. The summed E-state index contributed by atoms with van der Waals surface area (Å²) in [4.78, 5) is 42.3. The van der Waals surface area contributed by atoms with Gasteiger partial charge in [-0.2, -0.15) is 0 Å². The molecule has 1 unspecified atom stereocenters. The molecule has 2 aromatic heterocycles. The van der Waals surface area contributed by atoms with Crippen molar-refractivity contribution in [3.63, 3.8) is 0 Å². The van der Waals surface area contributed by atoms with E-state index in [-0.39, 0.29) is 18.2 Å². The molecule has 2 N–H and O–H groups in total. The van der Waals surface area contributed by atoms with Gasteiger partial charge in [0.15, 0.2) is 5.78 Å². The van der Waals surface area contributed by atoms with Gasteiger partial charge in [-0.05, 0) is 31.5 Å². The standard InChI is InChI=1S/C23H24N4O3/c1-4-9-26-14(2)10-18(15(26)3)21(28)13-27-22(29)20(25-23(27)30)11-16-12-24-19-8-6-5-7-17(16)19/h4-8,10,12,20,24H,1,9,11,13H2,2-3H3,(H,25,30). The number of nitrogens with one attached hydrogen (secondary N) is 2. The Morgan fingerprint density at radius 1 is 1.23 bits per heavy atom. The number of Topliss-reactive ketones (excluding diaryl/α,β-unsaturated/α-hetero) is 1. The van der Waals surface area contributed by atoms with Gasteiger partial charge in [0.2, 0.25) is 0 Å². The fourth-order valence-electron chi connectivity index (χ4n) is 4.11. The molecule has 1 saturated heterocycles. The highest BCUT2D eigenvalue weighted by Gasteiger charge is 2.39. The van der Waals surface area contributed by atoms with Crippen LogP contribution in [0.4, 0.5) is 4.79 Å². The molecule has 3 amide bonds. The van der Waals surface area contributed by atoms with E-state index in [0.29, 0.717) is 18.5 Å². The van der Waals surface area contributed by atoms with Crippen molar-refractivity contribution in [2.24, 2.45) is 0 Å². The van der Waals surface area contributed by atoms with Crippen LogP contribution < -0.4 is 5.32 Å². The van der Waals surface area contributed by atoms with Gasteiger partial charge in [0.1, 0.15) is 6.04 Å². The first-order valence-corrected chi connectivity index (χ1v) is 9.88. The van der Waals surface area contributed by atoms with Gasteiger partial charge in [0.25, 0.3) is 5.91 Å². The number of amides is 3. The Morgan fingerprint density at radius 3 is 2.77 bits per heavy atom. The maximum atomic E-state index is 12.9. The molecule has 0 bridgehead atoms. The molecular formula is C23H24N4O3. The number of imide groups is 1. The molecule has 0 saturated carbocycles. The fourth-order valence-corrected chi connectivity index (χ4v) is 4.11. The van der Waals surface area contributed by atoms with Gasteiger partial charge >= 0.3 is 6.03 Å². The number of fused-ring (bicyclic) bond motifs is 1. The molecule has 30 heavy (non-hydrogen) atoms. The lowest BCUT2D eigenvalue weighted by Crippen LogP contribution is -2.36. The zero-order valence-electron chi connectivity index (χ0n) is 17.1. The first-order valence-electron chi connectivity index (χ1n) is 9.88. The number of H-pyrrole nitrogens is 1. The summed E-state index contributed by atoms with van der Waals surface area (Å²) >= 11 is 0. The van der Waals surface area contributed by atoms with E-state index in [2.05, 4.69) is 16.9 Å². The van der Waals surface area contributed by atoms with E-state index in [1.165, 1.54) is 0 Å². The number of hydrogen-bond donors (Lipinski definition) is 2. The lowest BCUT2D eigenvalue weighted by atomic mass is 10.0. The van der Waals surface area contributed by atoms with E-state index in [4.69, 9.17) is 0 Å². The van der Waals surface area contributed by atoms with Gasteiger partial charge in [0, 0.05) is 47.0 Å². The molecule has 7 heteroatoms. The maximum Gasteiger partial charge on any atom is 0.325 e. The molecule has 1 aliphatic rings. The molecule has 154 valence electrons. The second-order valence-corrected chi connectivity index (χ2v) is 7.60. The van der Waals surface area contributed by atoms with E-state index in [1.54, 1.807) is 12.1 Å². The highest BCUT2D eigenvalue weighted by atomic mass is 16.2. The van der Waals surface area contributed by atoms with Gasteiger partial charge in [0.05, 0.1) is 6.54 Å². The Bertz CT molecular complexity index is 1170. The Hall–Kier alpha value is -3.61. The average molecular weight is 404 g/mol. The van der Waals surface area contributed by atoms with Crippen LogP contribution in [0.15, 0.2) is 49.2 Å². The van der Waals surface area contributed by atoms with Crippen molar-refractivity contribution in [2.45, 2.75) is 32.9 Å². The van der Waals surface area contributed by atoms with Crippen LogP contribution in [-0.4, -0.2) is 44.8 Å². The highest BCUT2D eigenvalue weighted by molar-refractivity contribution is 6.09. The van der Waals surface area contributed by atoms with Crippen molar-refractivity contribution in [3.05, 3.63) is 71.7 Å². The van der Waals surface area contributed by atoms with Crippen molar-refractivity contribution in [1.29, 1.82) is 0 Å². The molecule has 4 rings (SSSR count). The van der Waals surface area contributed by atoms with Crippen molar-refractivity contribution >= 4 is 28.6 Å². The van der Waals surface area contributed by atoms with E-state index in [0.717, 1.165) is 32.8 Å². The Morgan fingerprint density at radius 2 is 2.00 bits per heavy atom. The van der Waals surface area contributed by atoms with E-state index in [9.17, 15) is 14.4 Å². The normalized spacial score (nSPS) is 16.3. The zero-order chi connectivity index (χ0) is 21.4. The third-order valence-corrected chi connectivity index (χ3v) is 5.69. The summed E-state index contributed by atoms with van der Waals surface area (Å²) < 4.78 is 1.98. The first kappa shape index (κ1) is 19.7. The molecule has 1 aromatic carbocycles. The Kier molecular flexibility index (Phi) is 5.03. The zero-order valence-corrected chi connectivity index (χ0v) is 17.1. The number of hydrogen-bond acceptors (Lipinski definition) is 3. The number of rotatable bonds is 7. The van der Waals surface area contributed by atoms with Crippen molar-refractivity contribution in [1.82, 2.24) is 19.8 Å². The average Bonchev–Trinajstić information content (AvgIpc) is 3.34. The third-order valence-electron chi connectivity index (χ3n) is 5.69. The van der Waals surface area contributed by atoms with Gasteiger partial charge in [-0.15, -0.1) is 6.58 Å². The quantitative estimate of drug-likeness (QED) is 0.360. The van der Waals surface area contributed by atoms with Crippen LogP contribution in [-0.2, 0) is 17.8 Å². The molecule has 3 heterocycles.